The van der Waals surface area contributed by atoms with Crippen molar-refractivity contribution in [2.75, 3.05) is 11.0 Å². The first kappa shape index (κ1) is 15.4. The third-order valence-electron chi connectivity index (χ3n) is 3.33. The summed E-state index contributed by atoms with van der Waals surface area (Å²) in [5.74, 6) is -2.50. The molecule has 1 aliphatic rings. The summed E-state index contributed by atoms with van der Waals surface area (Å²) >= 11 is 5.99. The number of anilines is 1. The van der Waals surface area contributed by atoms with E-state index in [9.17, 15) is 14.4 Å². The Morgan fingerprint density at radius 3 is 2.71 bits per heavy atom. The average molecular weight is 311 g/mol. The van der Waals surface area contributed by atoms with Gasteiger partial charge in [-0.25, -0.2) is 9.40 Å². The van der Waals surface area contributed by atoms with Gasteiger partial charge in [0.05, 0.1) is 18.4 Å². The first-order chi connectivity index (χ1) is 10.0. The van der Waals surface area contributed by atoms with Crippen LogP contribution in [0.1, 0.15) is 19.8 Å². The van der Waals surface area contributed by atoms with E-state index in [-0.39, 0.29) is 31.0 Å². The summed E-state index contributed by atoms with van der Waals surface area (Å²) in [4.78, 5) is 39.8. The molecule has 2 rings (SSSR count). The number of carbonyl (C=O) groups excluding carboxylic acids is 3. The summed E-state index contributed by atoms with van der Waals surface area (Å²) in [7, 11) is 0. The normalized spacial score (nSPS) is 21.1. The van der Waals surface area contributed by atoms with Gasteiger partial charge in [-0.2, -0.15) is 0 Å². The number of halogens is 1. The maximum absolute atomic E-state index is 12.4. The predicted octanol–water partition coefficient (Wildman–Crippen LogP) is 1.73. The molecule has 6 nitrogen and oxygen atoms in total. The number of aromatic nitrogens is 1. The second-order valence-electron chi connectivity index (χ2n) is 4.72. The van der Waals surface area contributed by atoms with Crippen molar-refractivity contribution in [3.05, 3.63) is 24.4 Å². The lowest BCUT2D eigenvalue weighted by Gasteiger charge is -2.20. The molecule has 21 heavy (non-hydrogen) atoms. The number of ether oxygens (including phenoxy) is 1. The van der Waals surface area contributed by atoms with Crippen molar-refractivity contribution in [1.82, 2.24) is 4.98 Å². The number of rotatable bonds is 4. The van der Waals surface area contributed by atoms with Gasteiger partial charge in [0.15, 0.2) is 5.82 Å². The average Bonchev–Trinajstić information content (AvgIpc) is 2.89. The topological polar surface area (TPSA) is 76.6 Å². The SMILES string of the molecule is CCOC(=O)[C@H]1CC(=O)C[C@@H]1C(=O)N(Cl)c1ccccn1. The quantitative estimate of drug-likeness (QED) is 0.625. The molecule has 1 amide bonds. The fourth-order valence-corrected chi connectivity index (χ4v) is 2.57. The largest absolute Gasteiger partial charge is 0.466 e. The van der Waals surface area contributed by atoms with Gasteiger partial charge in [0, 0.05) is 30.8 Å². The highest BCUT2D eigenvalue weighted by Crippen LogP contribution is 2.33. The molecule has 1 saturated carbocycles. The monoisotopic (exact) mass is 310 g/mol. The lowest BCUT2D eigenvalue weighted by molar-refractivity contribution is -0.151. The van der Waals surface area contributed by atoms with E-state index < -0.39 is 23.7 Å². The van der Waals surface area contributed by atoms with E-state index in [1.165, 1.54) is 6.20 Å². The number of carbonyl (C=O) groups is 3. The van der Waals surface area contributed by atoms with Gasteiger partial charge in [0.25, 0.3) is 0 Å². The molecular weight excluding hydrogens is 296 g/mol. The smallest absolute Gasteiger partial charge is 0.310 e. The Morgan fingerprint density at radius 1 is 1.38 bits per heavy atom. The highest BCUT2D eigenvalue weighted by molar-refractivity contribution is 6.37. The Labute approximate surface area is 127 Å². The number of ketones is 1. The van der Waals surface area contributed by atoms with Gasteiger partial charge in [-0.05, 0) is 19.1 Å². The van der Waals surface area contributed by atoms with Gasteiger partial charge in [-0.15, -0.1) is 0 Å². The minimum atomic E-state index is -0.795. The van der Waals surface area contributed by atoms with E-state index in [2.05, 4.69) is 4.98 Å². The number of esters is 1. The molecule has 112 valence electrons. The minimum absolute atomic E-state index is 0.00162. The van der Waals surface area contributed by atoms with Crippen LogP contribution in [0, 0.1) is 11.8 Å². The van der Waals surface area contributed by atoms with E-state index in [1.807, 2.05) is 0 Å². The summed E-state index contributed by atoms with van der Waals surface area (Å²) in [5.41, 5.74) is 0. The molecule has 7 heteroatoms. The lowest BCUT2D eigenvalue weighted by atomic mass is 9.95. The molecule has 0 aliphatic heterocycles. The van der Waals surface area contributed by atoms with Crippen LogP contribution in [-0.4, -0.2) is 29.3 Å². The third kappa shape index (κ3) is 3.39. The molecule has 0 aromatic carbocycles. The van der Waals surface area contributed by atoms with Crippen LogP contribution in [0.2, 0.25) is 0 Å². The second-order valence-corrected chi connectivity index (χ2v) is 5.06. The van der Waals surface area contributed by atoms with Gasteiger partial charge in [-0.1, -0.05) is 6.07 Å². The van der Waals surface area contributed by atoms with Crippen LogP contribution in [0.3, 0.4) is 0 Å². The summed E-state index contributed by atoms with van der Waals surface area (Å²) in [5, 5.41) is 0. The molecule has 0 saturated heterocycles. The van der Waals surface area contributed by atoms with Gasteiger partial charge in [-0.3, -0.25) is 14.4 Å². The third-order valence-corrected chi connectivity index (χ3v) is 3.67. The van der Waals surface area contributed by atoms with Gasteiger partial charge < -0.3 is 4.74 Å². The number of hydrogen-bond acceptors (Lipinski definition) is 5. The van der Waals surface area contributed by atoms with E-state index in [1.54, 1.807) is 25.1 Å². The van der Waals surface area contributed by atoms with Crippen molar-refractivity contribution in [2.45, 2.75) is 19.8 Å². The molecule has 2 atom stereocenters. The molecule has 0 N–H and O–H groups in total. The fourth-order valence-electron chi connectivity index (χ4n) is 2.34. The molecule has 0 spiro atoms. The van der Waals surface area contributed by atoms with E-state index in [0.29, 0.717) is 0 Å². The van der Waals surface area contributed by atoms with Crippen molar-refractivity contribution in [1.29, 1.82) is 0 Å². The number of amides is 1. The van der Waals surface area contributed by atoms with Crippen LogP contribution in [0.15, 0.2) is 24.4 Å². The Hall–Kier alpha value is -1.95. The molecule has 0 unspecified atom stereocenters. The number of hydrogen-bond donors (Lipinski definition) is 0. The summed E-state index contributed by atoms with van der Waals surface area (Å²) in [6.07, 6.45) is 1.52. The Morgan fingerprint density at radius 2 is 2.10 bits per heavy atom. The van der Waals surface area contributed by atoms with Crippen LogP contribution in [-0.2, 0) is 19.1 Å². The van der Waals surface area contributed by atoms with Crippen LogP contribution in [0.25, 0.3) is 0 Å². The summed E-state index contributed by atoms with van der Waals surface area (Å²) in [6.45, 7) is 1.88. The highest BCUT2D eigenvalue weighted by Gasteiger charge is 2.44. The van der Waals surface area contributed by atoms with Crippen molar-refractivity contribution in [3.63, 3.8) is 0 Å². The summed E-state index contributed by atoms with van der Waals surface area (Å²) in [6, 6.07) is 4.95. The van der Waals surface area contributed by atoms with E-state index >= 15 is 0 Å². The molecule has 1 aromatic heterocycles. The molecule has 1 fully saturated rings. The zero-order valence-corrected chi connectivity index (χ0v) is 12.2. The fraction of sp³-hybridized carbons (Fsp3) is 0.429. The molecule has 0 radical (unpaired) electrons. The maximum atomic E-state index is 12.4. The number of pyridine rings is 1. The standard InChI is InChI=1S/C14H15ClN2O4/c1-2-21-14(20)11-8-9(18)7-10(11)13(19)17(15)12-5-3-4-6-16-12/h3-6,10-11H,2,7-8H2,1H3/t10-,11-/m0/s1. The minimum Gasteiger partial charge on any atom is -0.466 e. The number of Topliss-reactive ketones (excluding diaryl/α,β-unsaturated/α-hetero) is 1. The second kappa shape index (κ2) is 6.67. The Balaban J connectivity index is 2.16. The van der Waals surface area contributed by atoms with Crippen LogP contribution in [0.4, 0.5) is 5.82 Å². The van der Waals surface area contributed by atoms with Crippen LogP contribution >= 0.6 is 11.8 Å². The zero-order valence-electron chi connectivity index (χ0n) is 11.5. The molecule has 1 heterocycles. The van der Waals surface area contributed by atoms with E-state index in [4.69, 9.17) is 16.5 Å². The van der Waals surface area contributed by atoms with Crippen molar-refractivity contribution in [2.24, 2.45) is 11.8 Å². The molecule has 1 aromatic rings. The Kier molecular flexibility index (Phi) is 4.90. The van der Waals surface area contributed by atoms with Crippen LogP contribution in [0.5, 0.6) is 0 Å². The van der Waals surface area contributed by atoms with Crippen molar-refractivity contribution >= 4 is 35.3 Å². The van der Waals surface area contributed by atoms with Gasteiger partial charge >= 0.3 is 5.97 Å². The lowest BCUT2D eigenvalue weighted by Crippen LogP contribution is -2.35. The zero-order chi connectivity index (χ0) is 15.4. The first-order valence-corrected chi connectivity index (χ1v) is 6.97. The van der Waals surface area contributed by atoms with Gasteiger partial charge in [0.2, 0.25) is 5.91 Å². The van der Waals surface area contributed by atoms with Crippen LogP contribution < -0.4 is 4.42 Å². The molecule has 0 bridgehead atoms. The van der Waals surface area contributed by atoms with Gasteiger partial charge in [0.1, 0.15) is 5.78 Å². The van der Waals surface area contributed by atoms with Crippen molar-refractivity contribution in [3.8, 4) is 0 Å². The molecular formula is C14H15ClN2O4. The first-order valence-electron chi connectivity index (χ1n) is 6.63. The number of nitrogens with zero attached hydrogens (tertiary/aromatic N) is 2. The highest BCUT2D eigenvalue weighted by atomic mass is 35.5. The maximum Gasteiger partial charge on any atom is 0.310 e. The van der Waals surface area contributed by atoms with E-state index in [0.717, 1.165) is 4.42 Å². The molecule has 1 aliphatic carbocycles. The van der Waals surface area contributed by atoms with Crippen molar-refractivity contribution < 1.29 is 19.1 Å². The predicted molar refractivity (Wildman–Crippen MR) is 75.4 cm³/mol. The Bertz CT molecular complexity index is 549. The summed E-state index contributed by atoms with van der Waals surface area (Å²) < 4.78 is 5.78.